The number of hydrogen-bond acceptors (Lipinski definition) is 0. The first-order valence-electron chi connectivity index (χ1n) is 13.0. The minimum atomic E-state index is -4.52. The first-order chi connectivity index (χ1) is 12.9. The normalized spacial score (nSPS) is 99.0. The van der Waals surface area contributed by atoms with E-state index in [2.05, 4.69) is 96.9 Å². The van der Waals surface area contributed by atoms with Crippen molar-refractivity contribution in [1.82, 2.24) is 0 Å². The molecule has 10 fully saturated rings. The molecule has 0 bridgehead atoms. The molecule has 0 aromatic heterocycles. The van der Waals surface area contributed by atoms with Crippen LogP contribution in [-0.2, 0) is 6.51 Å². The van der Waals surface area contributed by atoms with Crippen molar-refractivity contribution in [2.45, 2.75) is 140 Å². The third kappa shape index (κ3) is 0.151. The zero-order valence-corrected chi connectivity index (χ0v) is 22.8. The first-order valence-corrected chi connectivity index (χ1v) is 18.6. The molecule has 166 valence electrons. The molecule has 0 radical (unpaired) electrons. The second kappa shape index (κ2) is 1.56. The predicted octanol–water partition coefficient (Wildman–Crippen LogP) is 9.82. The molecule has 1 heteroatoms. The van der Waals surface area contributed by atoms with Gasteiger partial charge < -0.3 is 0 Å². The predicted molar refractivity (Wildman–Crippen MR) is 120 cm³/mol. The second-order valence-corrected chi connectivity index (χ2v) is 39.8. The van der Waals surface area contributed by atoms with Gasteiger partial charge in [-0.15, -0.1) is 0 Å². The molecular formula is C28H46Fe. The van der Waals surface area contributed by atoms with Gasteiger partial charge in [0.2, 0.25) is 0 Å². The third-order valence-electron chi connectivity index (χ3n) is 24.5. The van der Waals surface area contributed by atoms with E-state index in [1.807, 2.05) is 0 Å². The van der Waals surface area contributed by atoms with Gasteiger partial charge >= 0.3 is 170 Å². The Balaban J connectivity index is 1.71. The van der Waals surface area contributed by atoms with E-state index in [0.29, 0.717) is 0 Å². The van der Waals surface area contributed by atoms with Gasteiger partial charge in [0, 0.05) is 0 Å². The van der Waals surface area contributed by atoms with E-state index in [1.54, 1.807) is 0 Å². The molecule has 0 saturated carbocycles. The summed E-state index contributed by atoms with van der Waals surface area (Å²) in [6.45, 7) is 35.2. The summed E-state index contributed by atoms with van der Waals surface area (Å²) in [5.74, 6) is 3.55. The van der Waals surface area contributed by atoms with Crippen molar-refractivity contribution >= 4 is 0 Å². The molecule has 0 amide bonds. The van der Waals surface area contributed by atoms with E-state index in [0.717, 1.165) is 66.8 Å². The van der Waals surface area contributed by atoms with Crippen molar-refractivity contribution in [3.05, 3.63) is 0 Å². The Morgan fingerprint density at radius 3 is 0.621 bits per heavy atom. The summed E-state index contributed by atoms with van der Waals surface area (Å²) < 4.78 is 7.38. The molecule has 0 N–H and O–H groups in total. The van der Waals surface area contributed by atoms with Crippen molar-refractivity contribution in [3.63, 3.8) is 0 Å². The molecule has 10 aliphatic heterocycles. The summed E-state index contributed by atoms with van der Waals surface area (Å²) >= 11 is 0. The van der Waals surface area contributed by atoms with Gasteiger partial charge in [0.25, 0.3) is 0 Å². The minimum absolute atomic E-state index is 0.731. The van der Waals surface area contributed by atoms with Crippen LogP contribution in [0.5, 0.6) is 0 Å². The molecule has 29 heavy (non-hydrogen) atoms. The van der Waals surface area contributed by atoms with Gasteiger partial charge in [0.1, 0.15) is 0 Å². The molecule has 0 nitrogen and oxygen atoms in total. The van der Waals surface area contributed by atoms with Gasteiger partial charge in [0.15, 0.2) is 0 Å². The third-order valence-corrected chi connectivity index (χ3v) is 79.9. The summed E-state index contributed by atoms with van der Waals surface area (Å²) in [6.07, 6.45) is 0. The van der Waals surface area contributed by atoms with Crippen molar-refractivity contribution in [1.29, 1.82) is 0 Å². The monoisotopic (exact) mass is 438 g/mol. The van der Waals surface area contributed by atoms with Crippen LogP contribution in [0.15, 0.2) is 0 Å². The zero-order chi connectivity index (χ0) is 21.6. The fourth-order valence-electron chi connectivity index (χ4n) is 34.4. The zero-order valence-electron chi connectivity index (χ0n) is 21.7. The molecular weight excluding hydrogens is 392 g/mol. The second-order valence-electron chi connectivity index (χ2n) is 17.2. The molecule has 8 unspecified atom stereocenters. The summed E-state index contributed by atoms with van der Waals surface area (Å²) in [6, 6.07) is 0. The summed E-state index contributed by atoms with van der Waals surface area (Å²) in [7, 11) is 0. The first kappa shape index (κ1) is 16.2. The topological polar surface area (TPSA) is 0 Å². The van der Waals surface area contributed by atoms with E-state index in [-0.39, 0.29) is 0 Å². The molecule has 0 aromatic carbocycles. The number of rotatable bonds is 4. The van der Waals surface area contributed by atoms with E-state index in [4.69, 9.17) is 0 Å². The van der Waals surface area contributed by atoms with Crippen molar-refractivity contribution in [2.24, 2.45) is 23.7 Å². The SMILES string of the molecule is CC(C)[C]12[C]3(C)[C]4(C)[C]5(C)[C]1(C(C)C)[Fe]43521678[C]2(C)[C]1(C)[C]6(C(C)C)[C]7(C(C)C)[C]28C. The maximum atomic E-state index is 2.99. The van der Waals surface area contributed by atoms with E-state index in [1.165, 1.54) is 0 Å². The Hall–Kier alpha value is 0.519. The van der Waals surface area contributed by atoms with Gasteiger partial charge in [-0.25, -0.2) is 0 Å². The number of fused-ring (bicyclic) bond motifs is 10. The molecule has 8 atom stereocenters. The maximum absolute atomic E-state index is 4.52. The Morgan fingerprint density at radius 1 is 0.345 bits per heavy atom. The van der Waals surface area contributed by atoms with Crippen LogP contribution in [0.3, 0.4) is 0 Å². The Morgan fingerprint density at radius 2 is 0.517 bits per heavy atom. The summed E-state index contributed by atoms with van der Waals surface area (Å²) in [4.78, 5) is 0. The van der Waals surface area contributed by atoms with Gasteiger partial charge in [-0.1, -0.05) is 0 Å². The van der Waals surface area contributed by atoms with Crippen molar-refractivity contribution in [2.75, 3.05) is 0 Å². The van der Waals surface area contributed by atoms with Crippen LogP contribution in [0.2, 0.25) is 43.1 Å². The Labute approximate surface area is 170 Å². The van der Waals surface area contributed by atoms with Gasteiger partial charge in [-0.2, -0.15) is 0 Å². The average molecular weight is 439 g/mol. The number of hydrogen-bond donors (Lipinski definition) is 0. The van der Waals surface area contributed by atoms with E-state index in [9.17, 15) is 0 Å². The molecule has 10 aliphatic rings. The summed E-state index contributed by atoms with van der Waals surface area (Å²) in [5, 5.41) is 0. The molecule has 0 aliphatic carbocycles. The molecule has 10 saturated heterocycles. The van der Waals surface area contributed by atoms with Crippen LogP contribution in [0.1, 0.15) is 96.9 Å². The molecule has 10 heterocycles. The van der Waals surface area contributed by atoms with Crippen molar-refractivity contribution < 1.29 is 6.51 Å². The van der Waals surface area contributed by atoms with Gasteiger partial charge in [0.05, 0.1) is 0 Å². The van der Waals surface area contributed by atoms with E-state index < -0.39 is 6.51 Å². The van der Waals surface area contributed by atoms with Crippen molar-refractivity contribution in [3.8, 4) is 0 Å². The Bertz CT molecular complexity index is 1320. The fourth-order valence-corrected chi connectivity index (χ4v) is 142. The molecule has 10 rings (SSSR count). The average Bonchev–Trinajstić information content (AvgIpc) is 3.55. The fraction of sp³-hybridized carbons (Fsp3) is 1.00. The van der Waals surface area contributed by atoms with Crippen LogP contribution in [0, 0.1) is 23.7 Å². The Kier molecular flexibility index (Phi) is 0.873. The summed E-state index contributed by atoms with van der Waals surface area (Å²) in [5.41, 5.74) is 0. The van der Waals surface area contributed by atoms with Gasteiger partial charge in [-0.3, -0.25) is 0 Å². The standard InChI is InChI=1S/2C14H23.Fe/c2*1-8(2)13-11(6)10(5)12(7)14(13)9(3)4;/h2*8-9H,1-7H3;. The van der Waals surface area contributed by atoms with Crippen LogP contribution >= 0.6 is 0 Å². The van der Waals surface area contributed by atoms with E-state index >= 15 is 0 Å². The molecule has 1 spiro atoms. The van der Waals surface area contributed by atoms with Gasteiger partial charge in [-0.05, 0) is 0 Å². The van der Waals surface area contributed by atoms with Crippen LogP contribution in [0.25, 0.3) is 0 Å². The quantitative estimate of drug-likeness (QED) is 0.383. The van der Waals surface area contributed by atoms with Crippen LogP contribution in [0.4, 0.5) is 0 Å². The van der Waals surface area contributed by atoms with Crippen LogP contribution < -0.4 is 0 Å². The molecule has 0 aromatic rings. The van der Waals surface area contributed by atoms with Crippen LogP contribution in [-0.4, -0.2) is 0 Å².